The highest BCUT2D eigenvalue weighted by atomic mass is 16.2. The lowest BCUT2D eigenvalue weighted by Gasteiger charge is -2.38. The molecule has 2 atom stereocenters. The fourth-order valence-electron chi connectivity index (χ4n) is 5.00. The summed E-state index contributed by atoms with van der Waals surface area (Å²) >= 11 is 0. The summed E-state index contributed by atoms with van der Waals surface area (Å²) < 4.78 is 3.81. The number of pyridine rings is 2. The van der Waals surface area contributed by atoms with Crippen LogP contribution in [0.15, 0.2) is 35.5 Å². The second-order valence-corrected chi connectivity index (χ2v) is 8.09. The van der Waals surface area contributed by atoms with Gasteiger partial charge in [-0.15, -0.1) is 5.10 Å². The van der Waals surface area contributed by atoms with E-state index in [1.807, 2.05) is 40.3 Å². The molecule has 0 aliphatic carbocycles. The van der Waals surface area contributed by atoms with E-state index < -0.39 is 0 Å². The van der Waals surface area contributed by atoms with Crippen molar-refractivity contribution in [3.05, 3.63) is 52.2 Å². The number of carbonyl (C=O) groups excluding carboxylic acids is 1. The third-order valence-corrected chi connectivity index (χ3v) is 6.39. The van der Waals surface area contributed by atoms with Crippen LogP contribution in [-0.2, 0) is 6.54 Å². The summed E-state index contributed by atoms with van der Waals surface area (Å²) in [6.45, 7) is 4.55. The number of fused-ring (bicyclic) bond motifs is 3. The van der Waals surface area contributed by atoms with Gasteiger partial charge in [-0.2, -0.15) is 0 Å². The molecule has 29 heavy (non-hydrogen) atoms. The summed E-state index contributed by atoms with van der Waals surface area (Å²) in [6.07, 6.45) is 8.92. The number of amides is 1. The van der Waals surface area contributed by atoms with Gasteiger partial charge in [0.15, 0.2) is 0 Å². The number of aromatic nitrogens is 5. The predicted molar refractivity (Wildman–Crippen MR) is 108 cm³/mol. The second kappa shape index (κ2) is 6.79. The molecule has 0 saturated carbocycles. The Balaban J connectivity index is 1.52. The Hall–Kier alpha value is -3.03. The van der Waals surface area contributed by atoms with Crippen LogP contribution in [0.1, 0.15) is 54.7 Å². The molecule has 0 N–H and O–H groups in total. The van der Waals surface area contributed by atoms with Gasteiger partial charge in [-0.3, -0.25) is 9.59 Å². The van der Waals surface area contributed by atoms with Gasteiger partial charge >= 0.3 is 0 Å². The molecule has 2 aliphatic rings. The summed E-state index contributed by atoms with van der Waals surface area (Å²) in [5.41, 5.74) is 1.52. The van der Waals surface area contributed by atoms with Crippen LogP contribution in [0.5, 0.6) is 0 Å². The van der Waals surface area contributed by atoms with Gasteiger partial charge < -0.3 is 9.47 Å². The van der Waals surface area contributed by atoms with E-state index >= 15 is 0 Å². The van der Waals surface area contributed by atoms with Crippen LogP contribution >= 0.6 is 0 Å². The number of aryl methyl sites for hydroxylation is 2. The molecule has 5 heterocycles. The summed E-state index contributed by atoms with van der Waals surface area (Å²) in [4.78, 5) is 33.1. The molecule has 0 spiro atoms. The van der Waals surface area contributed by atoms with Gasteiger partial charge in [0.05, 0.1) is 17.6 Å². The maximum atomic E-state index is 13.5. The third-order valence-electron chi connectivity index (χ3n) is 6.39. The number of piperidine rings is 1. The van der Waals surface area contributed by atoms with Crippen LogP contribution in [0.2, 0.25) is 0 Å². The zero-order chi connectivity index (χ0) is 20.1. The normalized spacial score (nSPS) is 23.7. The smallest absolute Gasteiger partial charge is 0.259 e. The fourth-order valence-corrected chi connectivity index (χ4v) is 5.00. The summed E-state index contributed by atoms with van der Waals surface area (Å²) in [7, 11) is 0. The molecule has 2 aliphatic heterocycles. The zero-order valence-corrected chi connectivity index (χ0v) is 16.7. The number of rotatable bonds is 3. The van der Waals surface area contributed by atoms with E-state index in [1.54, 1.807) is 18.5 Å². The maximum Gasteiger partial charge on any atom is 0.259 e. The first kappa shape index (κ1) is 18.0. The van der Waals surface area contributed by atoms with E-state index in [2.05, 4.69) is 15.3 Å². The van der Waals surface area contributed by atoms with Gasteiger partial charge in [0, 0.05) is 36.7 Å². The third kappa shape index (κ3) is 2.85. The molecule has 3 aromatic rings. The van der Waals surface area contributed by atoms with E-state index in [-0.39, 0.29) is 35.0 Å². The number of hydrogen-bond donors (Lipinski definition) is 0. The Kier molecular flexibility index (Phi) is 4.22. The molecular formula is C21H24N6O2. The number of hydrogen-bond acceptors (Lipinski definition) is 5. The maximum absolute atomic E-state index is 13.5. The lowest BCUT2D eigenvalue weighted by molar-refractivity contribution is 0.0521. The Morgan fingerprint density at radius 1 is 1.17 bits per heavy atom. The van der Waals surface area contributed by atoms with Gasteiger partial charge in [0.25, 0.3) is 5.91 Å². The molecule has 2 unspecified atom stereocenters. The molecule has 8 heteroatoms. The van der Waals surface area contributed by atoms with E-state index in [4.69, 9.17) is 0 Å². The Morgan fingerprint density at radius 3 is 2.59 bits per heavy atom. The molecule has 2 fully saturated rings. The highest BCUT2D eigenvalue weighted by molar-refractivity contribution is 5.97. The first-order chi connectivity index (χ1) is 14.1. The van der Waals surface area contributed by atoms with Crippen LogP contribution < -0.4 is 5.43 Å². The largest absolute Gasteiger partial charge is 0.332 e. The first-order valence-corrected chi connectivity index (χ1v) is 10.3. The van der Waals surface area contributed by atoms with Crippen molar-refractivity contribution >= 4 is 16.9 Å². The van der Waals surface area contributed by atoms with Crippen molar-refractivity contribution in [2.75, 3.05) is 0 Å². The topological polar surface area (TPSA) is 85.9 Å². The standard InChI is InChI=1S/C21H24N6O2/c1-3-25-12-18(19(28)17-7-4-13(2)23-20(17)25)21(29)27-14-5-6-15(27)11-16(10-14)26-9-8-22-24-26/h4,7-9,12,14-16H,3,5-6,10-11H2,1-2H3. The Labute approximate surface area is 168 Å². The molecule has 5 rings (SSSR count). The molecule has 1 amide bonds. The van der Waals surface area contributed by atoms with Crippen LogP contribution in [0.3, 0.4) is 0 Å². The quantitative estimate of drug-likeness (QED) is 0.683. The van der Waals surface area contributed by atoms with Gasteiger partial charge in [0.2, 0.25) is 5.43 Å². The van der Waals surface area contributed by atoms with Crippen molar-refractivity contribution in [1.29, 1.82) is 0 Å². The molecule has 150 valence electrons. The highest BCUT2D eigenvalue weighted by Crippen LogP contribution is 2.41. The average molecular weight is 392 g/mol. The molecule has 0 radical (unpaired) electrons. The summed E-state index contributed by atoms with van der Waals surface area (Å²) in [5.74, 6) is -0.149. The van der Waals surface area contributed by atoms with Crippen LogP contribution in [0.4, 0.5) is 0 Å². The fraction of sp³-hybridized carbons (Fsp3) is 0.476. The van der Waals surface area contributed by atoms with E-state index in [0.29, 0.717) is 17.6 Å². The predicted octanol–water partition coefficient (Wildman–Crippen LogP) is 2.32. The minimum atomic E-state index is -0.222. The molecule has 0 aromatic carbocycles. The monoisotopic (exact) mass is 392 g/mol. The summed E-state index contributed by atoms with van der Waals surface area (Å²) in [5, 5.41) is 8.57. The SMILES string of the molecule is CCn1cc(C(=O)N2C3CCC2CC(n2ccnn2)C3)c(=O)c2ccc(C)nc21. The summed E-state index contributed by atoms with van der Waals surface area (Å²) in [6, 6.07) is 4.14. The van der Waals surface area contributed by atoms with E-state index in [9.17, 15) is 9.59 Å². The van der Waals surface area contributed by atoms with Crippen molar-refractivity contribution in [1.82, 2.24) is 29.4 Å². The van der Waals surface area contributed by atoms with E-state index in [0.717, 1.165) is 31.4 Å². The van der Waals surface area contributed by atoms with Crippen molar-refractivity contribution in [2.24, 2.45) is 0 Å². The van der Waals surface area contributed by atoms with Crippen molar-refractivity contribution < 1.29 is 4.79 Å². The van der Waals surface area contributed by atoms with Crippen LogP contribution in [-0.4, -0.2) is 47.4 Å². The molecule has 8 nitrogen and oxygen atoms in total. The molecule has 2 bridgehead atoms. The number of nitrogens with zero attached hydrogens (tertiary/aromatic N) is 6. The zero-order valence-electron chi connectivity index (χ0n) is 16.7. The van der Waals surface area contributed by atoms with E-state index in [1.165, 1.54) is 0 Å². The lowest BCUT2D eigenvalue weighted by Crippen LogP contribution is -2.48. The molecule has 3 aromatic heterocycles. The van der Waals surface area contributed by atoms with Crippen LogP contribution in [0.25, 0.3) is 11.0 Å². The van der Waals surface area contributed by atoms with Gasteiger partial charge in [-0.1, -0.05) is 5.21 Å². The average Bonchev–Trinajstić information content (AvgIpc) is 3.34. The Bertz CT molecular complexity index is 1120. The highest BCUT2D eigenvalue weighted by Gasteiger charge is 2.44. The van der Waals surface area contributed by atoms with Crippen molar-refractivity contribution in [3.8, 4) is 0 Å². The molecular weight excluding hydrogens is 368 g/mol. The van der Waals surface area contributed by atoms with Crippen LogP contribution in [0, 0.1) is 6.92 Å². The molecule has 2 saturated heterocycles. The van der Waals surface area contributed by atoms with Crippen molar-refractivity contribution in [2.45, 2.75) is 64.2 Å². The van der Waals surface area contributed by atoms with Crippen molar-refractivity contribution in [3.63, 3.8) is 0 Å². The Morgan fingerprint density at radius 2 is 1.93 bits per heavy atom. The second-order valence-electron chi connectivity index (χ2n) is 8.09. The first-order valence-electron chi connectivity index (χ1n) is 10.3. The number of carbonyl (C=O) groups is 1. The minimum Gasteiger partial charge on any atom is -0.332 e. The lowest BCUT2D eigenvalue weighted by atomic mass is 9.96. The van der Waals surface area contributed by atoms with Gasteiger partial charge in [0.1, 0.15) is 11.2 Å². The van der Waals surface area contributed by atoms with Gasteiger partial charge in [-0.05, 0) is 51.7 Å². The minimum absolute atomic E-state index is 0.136. The van der Waals surface area contributed by atoms with Gasteiger partial charge in [-0.25, -0.2) is 9.67 Å².